The highest BCUT2D eigenvalue weighted by atomic mass is 16.8. The van der Waals surface area contributed by atoms with Gasteiger partial charge >= 0.3 is 17.9 Å². The molecule has 0 aliphatic carbocycles. The number of benzene rings is 1. The maximum Gasteiger partial charge on any atom is 0.351 e. The minimum atomic E-state index is -2.09. The smallest absolute Gasteiger partial charge is 0.351 e. The lowest BCUT2D eigenvalue weighted by Gasteiger charge is -2.45. The van der Waals surface area contributed by atoms with Crippen molar-refractivity contribution in [1.29, 1.82) is 0 Å². The maximum absolute atomic E-state index is 12.2. The average Bonchev–Trinajstić information content (AvgIpc) is 3.43. The molecule has 2 fully saturated rings. The van der Waals surface area contributed by atoms with Gasteiger partial charge in [-0.1, -0.05) is 0 Å². The number of hydrogen-bond acceptors (Lipinski definition) is 17. The number of aliphatic hydroxyl groups is 6. The van der Waals surface area contributed by atoms with Crippen LogP contribution >= 0.6 is 0 Å². The molecule has 280 valence electrons. The van der Waals surface area contributed by atoms with Gasteiger partial charge in [0.2, 0.25) is 6.29 Å². The Morgan fingerprint density at radius 1 is 0.922 bits per heavy atom. The second-order valence-electron chi connectivity index (χ2n) is 12.3. The number of aliphatic hydroxyl groups excluding tert-OH is 6. The van der Waals surface area contributed by atoms with E-state index < -0.39 is 110 Å². The van der Waals surface area contributed by atoms with Crippen molar-refractivity contribution < 1.29 is 99.2 Å². The standard InChI is InChI=1S/C30H36N2O19/c33-8-17-18(35)20(37)24(51-29-22(39)19(36)21(38)23(50-29)28(46)47)30(49-17)48-16-6-10-5-14(27(44)45)32(13(10)7-15(16)34)2-1-9-3-11(25(40)41)31-12(4-9)26(42)43/h1,3,6-7,12,14,17-24,29-31,33-39H,2,4-5,8H2,(H,40,41)(H,42,43)(H,44,45)(H,46,47). The van der Waals surface area contributed by atoms with Crippen LogP contribution in [0.5, 0.6) is 11.5 Å². The molecule has 12 N–H and O–H groups in total. The zero-order chi connectivity index (χ0) is 37.5. The van der Waals surface area contributed by atoms with E-state index in [0.717, 1.165) is 6.07 Å². The van der Waals surface area contributed by atoms with Gasteiger partial charge in [0.25, 0.3) is 0 Å². The van der Waals surface area contributed by atoms with E-state index >= 15 is 0 Å². The number of carbonyl (C=O) groups is 4. The molecule has 0 bridgehead atoms. The summed E-state index contributed by atoms with van der Waals surface area (Å²) in [5, 5.41) is 115. The molecule has 13 unspecified atom stereocenters. The molecule has 5 rings (SSSR count). The summed E-state index contributed by atoms with van der Waals surface area (Å²) in [6.07, 6.45) is -17.0. The third kappa shape index (κ3) is 7.62. The average molecular weight is 729 g/mol. The molecule has 21 heteroatoms. The van der Waals surface area contributed by atoms with Gasteiger partial charge in [0.05, 0.1) is 6.61 Å². The predicted molar refractivity (Wildman–Crippen MR) is 157 cm³/mol. The van der Waals surface area contributed by atoms with E-state index in [1.807, 2.05) is 0 Å². The van der Waals surface area contributed by atoms with Crippen molar-refractivity contribution in [3.63, 3.8) is 0 Å². The molecule has 4 heterocycles. The van der Waals surface area contributed by atoms with Crippen LogP contribution in [0, 0.1) is 0 Å². The maximum atomic E-state index is 12.2. The predicted octanol–water partition coefficient (Wildman–Crippen LogP) is -6.98. The van der Waals surface area contributed by atoms with E-state index in [2.05, 4.69) is 5.32 Å². The van der Waals surface area contributed by atoms with Crippen LogP contribution in [0.2, 0.25) is 0 Å². The second-order valence-corrected chi connectivity index (χ2v) is 12.3. The Bertz CT molecular complexity index is 1600. The van der Waals surface area contributed by atoms with Crippen LogP contribution in [0.1, 0.15) is 12.0 Å². The molecule has 0 aromatic heterocycles. The van der Waals surface area contributed by atoms with Gasteiger partial charge in [-0.2, -0.15) is 0 Å². The Labute approximate surface area is 286 Å². The molecule has 4 aliphatic rings. The number of fused-ring (bicyclic) bond motifs is 1. The van der Waals surface area contributed by atoms with Crippen LogP contribution < -0.4 is 20.1 Å². The zero-order valence-electron chi connectivity index (χ0n) is 26.2. The largest absolute Gasteiger partial charge is 0.544 e. The Morgan fingerprint density at radius 2 is 1.63 bits per heavy atom. The summed E-state index contributed by atoms with van der Waals surface area (Å²) >= 11 is 0. The van der Waals surface area contributed by atoms with Crippen LogP contribution in [-0.2, 0) is 39.8 Å². The first-order valence-corrected chi connectivity index (χ1v) is 15.5. The van der Waals surface area contributed by atoms with Crippen molar-refractivity contribution in [1.82, 2.24) is 5.32 Å². The fourth-order valence-electron chi connectivity index (χ4n) is 6.34. The summed E-state index contributed by atoms with van der Waals surface area (Å²) in [5.74, 6) is -6.92. The summed E-state index contributed by atoms with van der Waals surface area (Å²) in [6.45, 7) is -0.967. The van der Waals surface area contributed by atoms with Gasteiger partial charge in [-0.05, 0) is 23.8 Å². The number of carboxylic acid groups (broad SMARTS) is 4. The van der Waals surface area contributed by atoms with Crippen molar-refractivity contribution in [2.75, 3.05) is 13.2 Å². The van der Waals surface area contributed by atoms with E-state index in [-0.39, 0.29) is 41.4 Å². The number of phenolic OH excluding ortho intramolecular Hbond substituents is 1. The van der Waals surface area contributed by atoms with Crippen LogP contribution in [0.4, 0.5) is 5.69 Å². The monoisotopic (exact) mass is 728 g/mol. The first kappa shape index (κ1) is 37.8. The van der Waals surface area contributed by atoms with Gasteiger partial charge < -0.3 is 85.2 Å². The van der Waals surface area contributed by atoms with E-state index in [1.54, 1.807) is 0 Å². The molecule has 1 aromatic carbocycles. The topological polar surface area (TPSA) is 347 Å². The summed E-state index contributed by atoms with van der Waals surface area (Å²) in [7, 11) is 0. The Balaban J connectivity index is 1.42. The molecule has 1 aromatic rings. The molecule has 0 spiro atoms. The highest BCUT2D eigenvalue weighted by molar-refractivity contribution is 5.89. The highest BCUT2D eigenvalue weighted by Crippen LogP contribution is 2.37. The van der Waals surface area contributed by atoms with E-state index in [1.165, 1.54) is 18.2 Å². The zero-order valence-corrected chi connectivity index (χ0v) is 26.2. The van der Waals surface area contributed by atoms with Gasteiger partial charge in [0, 0.05) is 24.5 Å². The van der Waals surface area contributed by atoms with Crippen molar-refractivity contribution in [3.05, 3.63) is 41.1 Å². The summed E-state index contributed by atoms with van der Waals surface area (Å²) in [5.41, 5.74) is 0.482. The number of quaternary nitrogens is 1. The van der Waals surface area contributed by atoms with Crippen molar-refractivity contribution >= 4 is 29.6 Å². The number of allylic oxidation sites excluding steroid dienone is 1. The number of rotatable bonds is 11. The molecule has 0 amide bonds. The van der Waals surface area contributed by atoms with Crippen molar-refractivity contribution in [2.24, 2.45) is 0 Å². The van der Waals surface area contributed by atoms with Crippen LogP contribution in [0.25, 0.3) is 0 Å². The second kappa shape index (κ2) is 15.1. The number of carbonyl (C=O) groups excluding carboxylic acids is 1. The first-order chi connectivity index (χ1) is 24.0. The first-order valence-electron chi connectivity index (χ1n) is 15.5. The molecular formula is C30H36N2O19. The van der Waals surface area contributed by atoms with Gasteiger partial charge in [0.15, 0.2) is 30.0 Å². The number of carboxylic acids is 4. The van der Waals surface area contributed by atoms with Crippen molar-refractivity contribution in [2.45, 2.75) is 86.3 Å². The molecule has 2 saturated heterocycles. The SMILES string of the molecule is O=C(O)C1=CC(=CC[NH+]2c3cc(O)c(OC4OC(CO)C(O)C(O)C4OC4OC(C(=O)O)C(O)C(O)C4O)cc3CC2C(=O)[O-])CC(C(=O)O)N1. The van der Waals surface area contributed by atoms with Crippen molar-refractivity contribution in [3.8, 4) is 11.5 Å². The Hall–Kier alpha value is -4.42. The lowest BCUT2D eigenvalue weighted by atomic mass is 9.97. The normalized spacial score (nSPS) is 37.2. The minimum Gasteiger partial charge on any atom is -0.544 e. The Morgan fingerprint density at radius 3 is 2.24 bits per heavy atom. The number of aliphatic carboxylic acids is 4. The molecule has 13 atom stereocenters. The number of aromatic hydroxyl groups is 1. The fraction of sp³-hybridized carbons (Fsp3) is 0.533. The summed E-state index contributed by atoms with van der Waals surface area (Å²) < 4.78 is 21.9. The van der Waals surface area contributed by atoms with Gasteiger partial charge in [-0.25, -0.2) is 14.4 Å². The molecular weight excluding hydrogens is 692 g/mol. The molecule has 0 saturated carbocycles. The van der Waals surface area contributed by atoms with Gasteiger partial charge in [-0.15, -0.1) is 0 Å². The third-order valence-corrected chi connectivity index (χ3v) is 9.04. The summed E-state index contributed by atoms with van der Waals surface area (Å²) in [6, 6.07) is -0.110. The Kier molecular flexibility index (Phi) is 11.2. The van der Waals surface area contributed by atoms with E-state index in [4.69, 9.17) is 18.9 Å². The van der Waals surface area contributed by atoms with Crippen LogP contribution in [-0.4, -0.2) is 162 Å². The molecule has 0 radical (unpaired) electrons. The van der Waals surface area contributed by atoms with E-state index in [0.29, 0.717) is 11.1 Å². The van der Waals surface area contributed by atoms with Gasteiger partial charge in [0.1, 0.15) is 72.6 Å². The van der Waals surface area contributed by atoms with Crippen LogP contribution in [0.3, 0.4) is 0 Å². The van der Waals surface area contributed by atoms with Crippen LogP contribution in [0.15, 0.2) is 35.6 Å². The lowest BCUT2D eigenvalue weighted by molar-refractivity contribution is -0.840. The lowest BCUT2D eigenvalue weighted by Crippen LogP contribution is -3.11. The third-order valence-electron chi connectivity index (χ3n) is 9.04. The quantitative estimate of drug-likeness (QED) is 0.101. The minimum absolute atomic E-state index is 0.109. The highest BCUT2D eigenvalue weighted by Gasteiger charge is 2.53. The summed E-state index contributed by atoms with van der Waals surface area (Å²) in [4.78, 5) is 47.0. The number of ether oxygens (including phenoxy) is 4. The van der Waals surface area contributed by atoms with E-state index in [9.17, 15) is 75.3 Å². The number of nitrogens with one attached hydrogen (secondary N) is 2. The molecule has 21 nitrogen and oxygen atoms in total. The van der Waals surface area contributed by atoms with Gasteiger partial charge in [-0.3, -0.25) is 4.90 Å². The number of hydrogen-bond donors (Lipinski definition) is 12. The number of phenols is 1. The fourth-order valence-corrected chi connectivity index (χ4v) is 6.34. The molecule has 4 aliphatic heterocycles. The molecule has 51 heavy (non-hydrogen) atoms.